The minimum Gasteiger partial charge on any atom is -0.460 e. The molecule has 1 aromatic heterocycles. The average Bonchev–Trinajstić information content (AvgIpc) is 2.76. The van der Waals surface area contributed by atoms with Gasteiger partial charge in [-0.2, -0.15) is 5.10 Å². The summed E-state index contributed by atoms with van der Waals surface area (Å²) in [7, 11) is 1.82. The molecule has 0 saturated carbocycles. The van der Waals surface area contributed by atoms with Crippen molar-refractivity contribution in [1.82, 2.24) is 9.78 Å². The van der Waals surface area contributed by atoms with Gasteiger partial charge in [-0.25, -0.2) is 0 Å². The molecule has 0 fully saturated rings. The maximum Gasteiger partial charge on any atom is 0.310 e. The Balaban J connectivity index is 1.83. The topological polar surface area (TPSA) is 70.1 Å². The Kier molecular flexibility index (Phi) is 3.62. The summed E-state index contributed by atoms with van der Waals surface area (Å²) in [6, 6.07) is 7.18. The zero-order valence-electron chi connectivity index (χ0n) is 10.2. The Morgan fingerprint density at radius 3 is 2.67 bits per heavy atom. The van der Waals surface area contributed by atoms with Crippen LogP contribution < -0.4 is 5.73 Å². The highest BCUT2D eigenvalue weighted by atomic mass is 16.5. The molecule has 1 aromatic carbocycles. The highest BCUT2D eigenvalue weighted by Crippen LogP contribution is 2.07. The van der Waals surface area contributed by atoms with E-state index >= 15 is 0 Å². The first-order chi connectivity index (χ1) is 8.63. The number of nitrogens with zero attached hydrogens (tertiary/aromatic N) is 2. The Bertz CT molecular complexity index is 531. The second-order valence-corrected chi connectivity index (χ2v) is 4.10. The van der Waals surface area contributed by atoms with Crippen molar-refractivity contribution >= 4 is 11.7 Å². The average molecular weight is 245 g/mol. The summed E-state index contributed by atoms with van der Waals surface area (Å²) in [4.78, 5) is 11.6. The van der Waals surface area contributed by atoms with Gasteiger partial charge in [0, 0.05) is 24.5 Å². The Hall–Kier alpha value is -2.30. The van der Waals surface area contributed by atoms with E-state index in [1.807, 2.05) is 25.4 Å². The molecule has 0 amide bonds. The number of rotatable bonds is 4. The molecule has 2 N–H and O–H groups in total. The standard InChI is InChI=1S/C13H15N3O2/c1-16-8-11(7-15-16)9-18-13(17)6-10-2-4-12(14)5-3-10/h2-5,7-8H,6,9,14H2,1H3. The number of hydrogen-bond donors (Lipinski definition) is 1. The molecule has 0 atom stereocenters. The molecule has 0 spiro atoms. The van der Waals surface area contributed by atoms with Gasteiger partial charge in [0.2, 0.25) is 0 Å². The number of ether oxygens (including phenoxy) is 1. The van der Waals surface area contributed by atoms with Gasteiger partial charge in [0.25, 0.3) is 0 Å². The van der Waals surface area contributed by atoms with Crippen molar-refractivity contribution in [1.29, 1.82) is 0 Å². The predicted octanol–water partition coefficient (Wildman–Crippen LogP) is 1.29. The fourth-order valence-electron chi connectivity index (χ4n) is 1.56. The highest BCUT2D eigenvalue weighted by molar-refractivity contribution is 5.72. The van der Waals surface area contributed by atoms with Crippen LogP contribution in [0.25, 0.3) is 0 Å². The summed E-state index contributed by atoms with van der Waals surface area (Å²) < 4.78 is 6.82. The molecule has 0 radical (unpaired) electrons. The minimum absolute atomic E-state index is 0.251. The lowest BCUT2D eigenvalue weighted by atomic mass is 10.1. The van der Waals surface area contributed by atoms with Crippen LogP contribution in [0.15, 0.2) is 36.7 Å². The first-order valence-electron chi connectivity index (χ1n) is 5.61. The number of hydrogen-bond acceptors (Lipinski definition) is 4. The number of carbonyl (C=O) groups is 1. The van der Waals surface area contributed by atoms with Crippen LogP contribution in [0.3, 0.4) is 0 Å². The Morgan fingerprint density at radius 1 is 1.33 bits per heavy atom. The number of aryl methyl sites for hydroxylation is 1. The van der Waals surface area contributed by atoms with Crippen molar-refractivity contribution in [3.63, 3.8) is 0 Å². The normalized spacial score (nSPS) is 10.3. The lowest BCUT2D eigenvalue weighted by Crippen LogP contribution is -2.07. The summed E-state index contributed by atoms with van der Waals surface area (Å²) in [6.07, 6.45) is 3.74. The summed E-state index contributed by atoms with van der Waals surface area (Å²) in [5, 5.41) is 4.00. The molecule has 1 heterocycles. The number of aromatic nitrogens is 2. The zero-order valence-corrected chi connectivity index (χ0v) is 10.2. The summed E-state index contributed by atoms with van der Waals surface area (Å²) in [6.45, 7) is 0.252. The highest BCUT2D eigenvalue weighted by Gasteiger charge is 2.06. The van der Waals surface area contributed by atoms with Crippen LogP contribution in [0.4, 0.5) is 5.69 Å². The molecular weight excluding hydrogens is 230 g/mol. The van der Waals surface area contributed by atoms with E-state index in [-0.39, 0.29) is 19.0 Å². The fraction of sp³-hybridized carbons (Fsp3) is 0.231. The van der Waals surface area contributed by atoms with Crippen molar-refractivity contribution < 1.29 is 9.53 Å². The van der Waals surface area contributed by atoms with Crippen LogP contribution in [0.5, 0.6) is 0 Å². The minimum atomic E-state index is -0.261. The molecule has 0 aliphatic heterocycles. The molecule has 0 bridgehead atoms. The monoisotopic (exact) mass is 245 g/mol. The number of anilines is 1. The molecule has 0 saturated heterocycles. The third kappa shape index (κ3) is 3.35. The SMILES string of the molecule is Cn1cc(COC(=O)Cc2ccc(N)cc2)cn1. The number of carbonyl (C=O) groups excluding carboxylic acids is 1. The van der Waals surface area contributed by atoms with Gasteiger partial charge in [-0.05, 0) is 17.7 Å². The van der Waals surface area contributed by atoms with Gasteiger partial charge in [0.15, 0.2) is 0 Å². The Morgan fingerprint density at radius 2 is 2.06 bits per heavy atom. The molecule has 5 heteroatoms. The number of nitrogens with two attached hydrogens (primary N) is 1. The first kappa shape index (κ1) is 12.2. The Labute approximate surface area is 105 Å². The van der Waals surface area contributed by atoms with Crippen molar-refractivity contribution in [3.05, 3.63) is 47.8 Å². The largest absolute Gasteiger partial charge is 0.460 e. The number of benzene rings is 1. The van der Waals surface area contributed by atoms with Gasteiger partial charge in [-0.3, -0.25) is 9.48 Å². The molecule has 18 heavy (non-hydrogen) atoms. The van der Waals surface area contributed by atoms with Gasteiger partial charge in [0.1, 0.15) is 6.61 Å². The van der Waals surface area contributed by atoms with Crippen molar-refractivity contribution in [2.75, 3.05) is 5.73 Å². The van der Waals surface area contributed by atoms with E-state index in [1.165, 1.54) is 0 Å². The molecule has 94 valence electrons. The van der Waals surface area contributed by atoms with Crippen LogP contribution >= 0.6 is 0 Å². The van der Waals surface area contributed by atoms with E-state index in [0.717, 1.165) is 11.1 Å². The molecule has 5 nitrogen and oxygen atoms in total. The lowest BCUT2D eigenvalue weighted by Gasteiger charge is -2.03. The van der Waals surface area contributed by atoms with Crippen LogP contribution in [0, 0.1) is 0 Å². The van der Waals surface area contributed by atoms with E-state index in [1.54, 1.807) is 23.0 Å². The number of nitrogen functional groups attached to an aromatic ring is 1. The molecule has 0 unspecified atom stereocenters. The van der Waals surface area contributed by atoms with Crippen LogP contribution in [-0.2, 0) is 29.6 Å². The smallest absolute Gasteiger partial charge is 0.310 e. The van der Waals surface area contributed by atoms with Gasteiger partial charge in [-0.1, -0.05) is 12.1 Å². The van der Waals surface area contributed by atoms with E-state index in [0.29, 0.717) is 5.69 Å². The summed E-state index contributed by atoms with van der Waals surface area (Å²) >= 11 is 0. The van der Waals surface area contributed by atoms with Crippen molar-refractivity contribution in [2.24, 2.45) is 7.05 Å². The van der Waals surface area contributed by atoms with E-state index in [4.69, 9.17) is 10.5 Å². The quantitative estimate of drug-likeness (QED) is 0.651. The second-order valence-electron chi connectivity index (χ2n) is 4.10. The third-order valence-electron chi connectivity index (χ3n) is 2.49. The molecule has 2 rings (SSSR count). The predicted molar refractivity (Wildman–Crippen MR) is 67.6 cm³/mol. The van der Waals surface area contributed by atoms with E-state index < -0.39 is 0 Å². The van der Waals surface area contributed by atoms with Gasteiger partial charge in [-0.15, -0.1) is 0 Å². The van der Waals surface area contributed by atoms with Crippen LogP contribution in [0.1, 0.15) is 11.1 Å². The van der Waals surface area contributed by atoms with Gasteiger partial charge < -0.3 is 10.5 Å². The maximum absolute atomic E-state index is 11.6. The van der Waals surface area contributed by atoms with Gasteiger partial charge >= 0.3 is 5.97 Å². The fourth-order valence-corrected chi connectivity index (χ4v) is 1.56. The van der Waals surface area contributed by atoms with Crippen molar-refractivity contribution in [3.8, 4) is 0 Å². The number of esters is 1. The molecule has 2 aromatic rings. The second kappa shape index (κ2) is 5.35. The van der Waals surface area contributed by atoms with Crippen LogP contribution in [-0.4, -0.2) is 15.7 Å². The molecule has 0 aliphatic carbocycles. The summed E-state index contributed by atoms with van der Waals surface area (Å²) in [5.74, 6) is -0.261. The van der Waals surface area contributed by atoms with E-state index in [2.05, 4.69) is 5.10 Å². The molecule has 0 aliphatic rings. The van der Waals surface area contributed by atoms with Crippen molar-refractivity contribution in [2.45, 2.75) is 13.0 Å². The van der Waals surface area contributed by atoms with Crippen LogP contribution in [0.2, 0.25) is 0 Å². The van der Waals surface area contributed by atoms with Gasteiger partial charge in [0.05, 0.1) is 12.6 Å². The zero-order chi connectivity index (χ0) is 13.0. The third-order valence-corrected chi connectivity index (χ3v) is 2.49. The molecular formula is C13H15N3O2. The lowest BCUT2D eigenvalue weighted by molar-refractivity contribution is -0.144. The first-order valence-corrected chi connectivity index (χ1v) is 5.61. The van der Waals surface area contributed by atoms with E-state index in [9.17, 15) is 4.79 Å². The maximum atomic E-state index is 11.6. The summed E-state index contributed by atoms with van der Waals surface area (Å²) in [5.41, 5.74) is 8.02.